The van der Waals surface area contributed by atoms with Gasteiger partial charge in [-0.3, -0.25) is 14.2 Å². The van der Waals surface area contributed by atoms with Gasteiger partial charge in [0.2, 0.25) is 0 Å². The van der Waals surface area contributed by atoms with Gasteiger partial charge in [0, 0.05) is 11.6 Å². The normalized spacial score (nSPS) is 11.8. The van der Waals surface area contributed by atoms with E-state index in [0.717, 1.165) is 12.8 Å². The molecule has 192 valence electrons. The number of hydrogen-bond acceptors (Lipinski definition) is 5. The zero-order chi connectivity index (χ0) is 26.4. The molecular weight excluding hydrogens is 490 g/mol. The smallest absolute Gasteiger partial charge is 0.266 e. The first-order valence-corrected chi connectivity index (χ1v) is 12.6. The number of rotatable bonds is 10. The van der Waals surface area contributed by atoms with E-state index in [2.05, 4.69) is 6.92 Å². The van der Waals surface area contributed by atoms with Crippen molar-refractivity contribution in [2.45, 2.75) is 32.7 Å². The molecule has 1 atom stereocenters. The van der Waals surface area contributed by atoms with Crippen LogP contribution in [0.4, 0.5) is 0 Å². The van der Waals surface area contributed by atoms with Crippen molar-refractivity contribution in [2.24, 2.45) is 0 Å². The highest BCUT2D eigenvalue weighted by Gasteiger charge is 2.27. The van der Waals surface area contributed by atoms with Crippen LogP contribution in [0.2, 0.25) is 5.02 Å². The van der Waals surface area contributed by atoms with E-state index in [9.17, 15) is 9.59 Å². The van der Waals surface area contributed by atoms with Gasteiger partial charge in [0.1, 0.15) is 17.3 Å². The average Bonchev–Trinajstić information content (AvgIpc) is 2.93. The largest absolute Gasteiger partial charge is 0.497 e. The van der Waals surface area contributed by atoms with Crippen molar-refractivity contribution >= 4 is 28.4 Å². The Morgan fingerprint density at radius 2 is 1.70 bits per heavy atom. The molecule has 0 fully saturated rings. The lowest BCUT2D eigenvalue weighted by atomic mass is 10.1. The van der Waals surface area contributed by atoms with Gasteiger partial charge in [-0.15, -0.1) is 0 Å². The summed E-state index contributed by atoms with van der Waals surface area (Å²) in [5, 5.41) is 1.10. The summed E-state index contributed by atoms with van der Waals surface area (Å²) in [5.74, 6) is 1.52. The summed E-state index contributed by atoms with van der Waals surface area (Å²) < 4.78 is 12.6. The molecule has 7 nitrogen and oxygen atoms in total. The van der Waals surface area contributed by atoms with Crippen LogP contribution in [0.15, 0.2) is 77.6 Å². The summed E-state index contributed by atoms with van der Waals surface area (Å²) in [6, 6.07) is 20.8. The summed E-state index contributed by atoms with van der Waals surface area (Å²) >= 11 is 5.96. The average molecular weight is 520 g/mol. The molecule has 0 radical (unpaired) electrons. The zero-order valence-corrected chi connectivity index (χ0v) is 21.9. The van der Waals surface area contributed by atoms with Gasteiger partial charge in [0.15, 0.2) is 6.61 Å². The number of hydrogen-bond donors (Lipinski definition) is 0. The third-order valence-corrected chi connectivity index (χ3v) is 6.47. The van der Waals surface area contributed by atoms with Crippen LogP contribution in [-0.4, -0.2) is 40.6 Å². The Labute approximate surface area is 221 Å². The fraction of sp³-hybridized carbons (Fsp3) is 0.276. The van der Waals surface area contributed by atoms with Gasteiger partial charge in [-0.1, -0.05) is 37.1 Å². The molecule has 4 rings (SSSR count). The van der Waals surface area contributed by atoms with Crippen LogP contribution in [0.3, 0.4) is 0 Å². The maximum absolute atomic E-state index is 13.7. The third-order valence-electron chi connectivity index (χ3n) is 6.22. The van der Waals surface area contributed by atoms with Crippen molar-refractivity contribution < 1.29 is 14.3 Å². The number of ether oxygens (including phenoxy) is 2. The molecule has 1 amide bonds. The van der Waals surface area contributed by atoms with Gasteiger partial charge < -0.3 is 14.4 Å². The lowest BCUT2D eigenvalue weighted by Gasteiger charge is -2.30. The summed E-state index contributed by atoms with van der Waals surface area (Å²) in [4.78, 5) is 33.7. The second-order valence-electron chi connectivity index (χ2n) is 8.68. The SMILES string of the molecule is CCCCN(C(=O)COc1ccc(Cl)cc1)C(C)c1nc2ccccc2c(=O)n1-c1ccc(OC)cc1. The maximum Gasteiger partial charge on any atom is 0.266 e. The lowest BCUT2D eigenvalue weighted by molar-refractivity contribution is -0.135. The van der Waals surface area contributed by atoms with Crippen LogP contribution in [0.1, 0.15) is 38.6 Å². The van der Waals surface area contributed by atoms with Crippen LogP contribution in [0.25, 0.3) is 16.6 Å². The van der Waals surface area contributed by atoms with E-state index in [1.807, 2.05) is 37.3 Å². The predicted molar refractivity (Wildman–Crippen MR) is 146 cm³/mol. The van der Waals surface area contributed by atoms with Gasteiger partial charge in [0.05, 0.1) is 29.7 Å². The van der Waals surface area contributed by atoms with Gasteiger partial charge in [-0.25, -0.2) is 4.98 Å². The Morgan fingerprint density at radius 1 is 1.03 bits per heavy atom. The Balaban J connectivity index is 1.74. The quantitative estimate of drug-likeness (QED) is 0.264. The summed E-state index contributed by atoms with van der Waals surface area (Å²) in [6.07, 6.45) is 1.71. The molecule has 0 aliphatic carbocycles. The topological polar surface area (TPSA) is 73.7 Å². The summed E-state index contributed by atoms with van der Waals surface area (Å²) in [6.45, 7) is 4.33. The number of unbranched alkanes of at least 4 members (excludes halogenated alkanes) is 1. The monoisotopic (exact) mass is 519 g/mol. The Morgan fingerprint density at radius 3 is 2.38 bits per heavy atom. The highest BCUT2D eigenvalue weighted by atomic mass is 35.5. The number of benzene rings is 3. The first-order valence-electron chi connectivity index (χ1n) is 12.3. The number of para-hydroxylation sites is 1. The number of nitrogens with zero attached hydrogens (tertiary/aromatic N) is 3. The number of halogens is 1. The molecule has 0 bridgehead atoms. The second kappa shape index (κ2) is 11.9. The third kappa shape index (κ3) is 5.94. The molecule has 0 spiro atoms. The van der Waals surface area contributed by atoms with E-state index >= 15 is 0 Å². The van der Waals surface area contributed by atoms with E-state index in [1.165, 1.54) is 0 Å². The van der Waals surface area contributed by atoms with Crippen molar-refractivity contribution in [2.75, 3.05) is 20.3 Å². The fourth-order valence-electron chi connectivity index (χ4n) is 4.17. The van der Waals surface area contributed by atoms with Crippen molar-refractivity contribution in [1.29, 1.82) is 0 Å². The van der Waals surface area contributed by atoms with E-state index in [4.69, 9.17) is 26.1 Å². The predicted octanol–water partition coefficient (Wildman–Crippen LogP) is 5.82. The minimum Gasteiger partial charge on any atom is -0.497 e. The van der Waals surface area contributed by atoms with Crippen LogP contribution in [-0.2, 0) is 4.79 Å². The van der Waals surface area contributed by atoms with Gasteiger partial charge in [-0.05, 0) is 74.0 Å². The number of aromatic nitrogens is 2. The van der Waals surface area contributed by atoms with Crippen LogP contribution < -0.4 is 15.0 Å². The van der Waals surface area contributed by atoms with E-state index in [1.54, 1.807) is 59.0 Å². The van der Waals surface area contributed by atoms with Crippen molar-refractivity contribution in [3.63, 3.8) is 0 Å². The van der Waals surface area contributed by atoms with Gasteiger partial charge >= 0.3 is 0 Å². The molecule has 37 heavy (non-hydrogen) atoms. The van der Waals surface area contributed by atoms with Gasteiger partial charge in [0.25, 0.3) is 11.5 Å². The Hall–Kier alpha value is -3.84. The van der Waals surface area contributed by atoms with E-state index in [0.29, 0.717) is 45.5 Å². The number of amides is 1. The summed E-state index contributed by atoms with van der Waals surface area (Å²) in [7, 11) is 1.59. The minimum absolute atomic E-state index is 0.143. The second-order valence-corrected chi connectivity index (χ2v) is 9.12. The van der Waals surface area contributed by atoms with Gasteiger partial charge in [-0.2, -0.15) is 0 Å². The maximum atomic E-state index is 13.7. The van der Waals surface area contributed by atoms with Crippen LogP contribution >= 0.6 is 11.6 Å². The molecule has 1 unspecified atom stereocenters. The molecule has 0 saturated heterocycles. The number of fused-ring (bicyclic) bond motifs is 1. The molecule has 8 heteroatoms. The molecule has 0 aliphatic heterocycles. The molecule has 3 aromatic carbocycles. The molecule has 1 heterocycles. The zero-order valence-electron chi connectivity index (χ0n) is 21.2. The van der Waals surface area contributed by atoms with Crippen molar-refractivity contribution in [3.05, 3.63) is 94.0 Å². The molecule has 0 saturated carbocycles. The fourth-order valence-corrected chi connectivity index (χ4v) is 4.30. The van der Waals surface area contributed by atoms with Crippen LogP contribution in [0, 0.1) is 0 Å². The summed E-state index contributed by atoms with van der Waals surface area (Å²) in [5.41, 5.74) is 1.03. The lowest BCUT2D eigenvalue weighted by Crippen LogP contribution is -2.40. The molecular formula is C29H30ClN3O4. The van der Waals surface area contributed by atoms with E-state index in [-0.39, 0.29) is 18.1 Å². The molecule has 1 aromatic heterocycles. The molecule has 4 aromatic rings. The Kier molecular flexibility index (Phi) is 8.46. The Bertz CT molecular complexity index is 1420. The number of carbonyl (C=O) groups excluding carboxylic acids is 1. The highest BCUT2D eigenvalue weighted by molar-refractivity contribution is 6.30. The number of methoxy groups -OCH3 is 1. The first kappa shape index (κ1) is 26.2. The van der Waals surface area contributed by atoms with E-state index < -0.39 is 6.04 Å². The molecule has 0 aliphatic rings. The first-order chi connectivity index (χ1) is 17.9. The highest BCUT2D eigenvalue weighted by Crippen LogP contribution is 2.25. The minimum atomic E-state index is -0.493. The standard InChI is InChI=1S/C29H30ClN3O4/c1-4-5-18-32(27(34)19-37-24-14-10-21(30)11-15-24)20(2)28-31-26-9-7-6-8-25(26)29(35)33(28)22-12-16-23(36-3)17-13-22/h6-17,20H,4-5,18-19H2,1-3H3. The van der Waals surface area contributed by atoms with Crippen molar-refractivity contribution in [1.82, 2.24) is 14.5 Å². The van der Waals surface area contributed by atoms with Crippen molar-refractivity contribution in [3.8, 4) is 17.2 Å². The molecule has 0 N–H and O–H groups in total. The number of carbonyl (C=O) groups is 1. The van der Waals surface area contributed by atoms with Crippen LogP contribution in [0.5, 0.6) is 11.5 Å².